The Hall–Kier alpha value is -0.0900. The van der Waals surface area contributed by atoms with Crippen LogP contribution in [0.3, 0.4) is 0 Å². The molecule has 1 aromatic rings. The number of rotatable bonds is 4. The topological polar surface area (TPSA) is 35.2 Å². The minimum Gasteiger partial charge on any atom is -0.379 e. The van der Waals surface area contributed by atoms with Crippen molar-refractivity contribution < 1.29 is 4.74 Å². The summed E-state index contributed by atoms with van der Waals surface area (Å²) in [5.74, 6) is 1.03. The van der Waals surface area contributed by atoms with Gasteiger partial charge in [0.05, 0.1) is 23.0 Å². The second kappa shape index (κ2) is 4.65. The molecular formula is C12H18ClNOS. The fourth-order valence-corrected chi connectivity index (χ4v) is 3.85. The lowest BCUT2D eigenvalue weighted by atomic mass is 9.68. The van der Waals surface area contributed by atoms with Gasteiger partial charge < -0.3 is 10.5 Å². The van der Waals surface area contributed by atoms with Gasteiger partial charge in [0.1, 0.15) is 0 Å². The van der Waals surface area contributed by atoms with E-state index in [1.807, 2.05) is 6.07 Å². The van der Waals surface area contributed by atoms with Crippen molar-refractivity contribution in [1.29, 1.82) is 0 Å². The van der Waals surface area contributed by atoms with Gasteiger partial charge in [0.2, 0.25) is 0 Å². The van der Waals surface area contributed by atoms with Gasteiger partial charge in [-0.3, -0.25) is 0 Å². The van der Waals surface area contributed by atoms with E-state index in [1.54, 1.807) is 11.3 Å². The van der Waals surface area contributed by atoms with E-state index < -0.39 is 0 Å². The van der Waals surface area contributed by atoms with Crippen LogP contribution in [0.25, 0.3) is 0 Å². The van der Waals surface area contributed by atoms with E-state index >= 15 is 0 Å². The number of ether oxygens (including phenoxy) is 1. The first-order valence-electron chi connectivity index (χ1n) is 5.64. The lowest BCUT2D eigenvalue weighted by molar-refractivity contribution is -0.0963. The van der Waals surface area contributed by atoms with E-state index in [0.717, 1.165) is 17.6 Å². The van der Waals surface area contributed by atoms with Crippen molar-refractivity contribution in [2.45, 2.75) is 19.3 Å². The van der Waals surface area contributed by atoms with Gasteiger partial charge in [-0.1, -0.05) is 25.4 Å². The summed E-state index contributed by atoms with van der Waals surface area (Å²) in [6.45, 7) is 6.73. The van der Waals surface area contributed by atoms with Crippen molar-refractivity contribution in [1.82, 2.24) is 0 Å². The third kappa shape index (κ3) is 1.90. The fraction of sp³-hybridized carbons (Fsp3) is 0.667. The van der Waals surface area contributed by atoms with Crippen LogP contribution in [0.4, 0.5) is 0 Å². The van der Waals surface area contributed by atoms with Crippen LogP contribution in [0.1, 0.15) is 18.7 Å². The number of hydrogen-bond acceptors (Lipinski definition) is 3. The van der Waals surface area contributed by atoms with Crippen molar-refractivity contribution in [2.24, 2.45) is 17.6 Å². The average molecular weight is 260 g/mol. The normalized spacial score (nSPS) is 20.8. The zero-order chi connectivity index (χ0) is 11.8. The summed E-state index contributed by atoms with van der Waals surface area (Å²) in [5, 5.41) is 0. The molecule has 90 valence electrons. The third-order valence-corrected chi connectivity index (χ3v) is 5.00. The highest BCUT2D eigenvalue weighted by atomic mass is 35.5. The monoisotopic (exact) mass is 259 g/mol. The summed E-state index contributed by atoms with van der Waals surface area (Å²) in [5.41, 5.74) is 6.04. The first kappa shape index (κ1) is 12.4. The minimum absolute atomic E-state index is 0.112. The van der Waals surface area contributed by atoms with Gasteiger partial charge in [-0.15, -0.1) is 11.3 Å². The highest BCUT2D eigenvalue weighted by molar-refractivity contribution is 7.16. The minimum atomic E-state index is 0.112. The summed E-state index contributed by atoms with van der Waals surface area (Å²) in [6, 6.07) is 4.09. The van der Waals surface area contributed by atoms with Gasteiger partial charge in [0, 0.05) is 4.88 Å². The molecule has 0 amide bonds. The third-order valence-electron chi connectivity index (χ3n) is 3.55. The molecule has 0 bridgehead atoms. The maximum absolute atomic E-state index is 6.02. The van der Waals surface area contributed by atoms with E-state index in [0.29, 0.717) is 18.4 Å². The van der Waals surface area contributed by atoms with Crippen molar-refractivity contribution in [3.63, 3.8) is 0 Å². The van der Waals surface area contributed by atoms with Crippen molar-refractivity contribution in [2.75, 3.05) is 19.8 Å². The Bertz CT molecular complexity index is 360. The highest BCUT2D eigenvalue weighted by Gasteiger charge is 2.48. The molecule has 2 heterocycles. The Morgan fingerprint density at radius 1 is 1.50 bits per heavy atom. The van der Waals surface area contributed by atoms with Gasteiger partial charge in [-0.2, -0.15) is 0 Å². The van der Waals surface area contributed by atoms with Crippen LogP contribution < -0.4 is 5.73 Å². The van der Waals surface area contributed by atoms with Gasteiger partial charge in [0.25, 0.3) is 0 Å². The van der Waals surface area contributed by atoms with Crippen molar-refractivity contribution in [3.05, 3.63) is 21.3 Å². The Balaban J connectivity index is 2.31. The summed E-state index contributed by atoms with van der Waals surface area (Å²) < 4.78 is 6.29. The maximum atomic E-state index is 6.02. The molecule has 1 atom stereocenters. The molecule has 4 heteroatoms. The van der Waals surface area contributed by atoms with Crippen molar-refractivity contribution >= 4 is 22.9 Å². The molecule has 0 aliphatic carbocycles. The molecule has 2 N–H and O–H groups in total. The first-order chi connectivity index (χ1) is 7.60. The van der Waals surface area contributed by atoms with Gasteiger partial charge in [0.15, 0.2) is 0 Å². The van der Waals surface area contributed by atoms with E-state index in [-0.39, 0.29) is 5.41 Å². The summed E-state index contributed by atoms with van der Waals surface area (Å²) in [4.78, 5) is 1.33. The van der Waals surface area contributed by atoms with Crippen LogP contribution in [0.2, 0.25) is 4.34 Å². The highest BCUT2D eigenvalue weighted by Crippen LogP contribution is 2.45. The zero-order valence-electron chi connectivity index (χ0n) is 9.70. The molecule has 1 aromatic heterocycles. The van der Waals surface area contributed by atoms with Crippen LogP contribution in [-0.4, -0.2) is 19.8 Å². The Kier molecular flexibility index (Phi) is 3.59. The predicted octanol–water partition coefficient (Wildman–Crippen LogP) is 2.90. The fourth-order valence-electron chi connectivity index (χ4n) is 2.58. The largest absolute Gasteiger partial charge is 0.379 e. The molecule has 1 aliphatic rings. The lowest BCUT2D eigenvalue weighted by Gasteiger charge is -2.48. The average Bonchev–Trinajstić information content (AvgIpc) is 2.57. The van der Waals surface area contributed by atoms with E-state index in [9.17, 15) is 0 Å². The molecule has 1 aliphatic heterocycles. The molecule has 2 nitrogen and oxygen atoms in total. The van der Waals surface area contributed by atoms with Crippen LogP contribution in [0.15, 0.2) is 12.1 Å². The summed E-state index contributed by atoms with van der Waals surface area (Å²) in [6.07, 6.45) is 0. The van der Waals surface area contributed by atoms with Crippen molar-refractivity contribution in [3.8, 4) is 0 Å². The van der Waals surface area contributed by atoms with Crippen LogP contribution in [0, 0.1) is 11.8 Å². The Labute approximate surface area is 106 Å². The SMILES string of the molecule is CC(C)C(CN)C1(c2ccc(Cl)s2)COC1. The van der Waals surface area contributed by atoms with E-state index in [2.05, 4.69) is 19.9 Å². The number of hydrogen-bond donors (Lipinski definition) is 1. The molecule has 1 saturated heterocycles. The van der Waals surface area contributed by atoms with E-state index in [1.165, 1.54) is 4.88 Å². The van der Waals surface area contributed by atoms with Gasteiger partial charge >= 0.3 is 0 Å². The van der Waals surface area contributed by atoms with Crippen LogP contribution >= 0.6 is 22.9 Å². The maximum Gasteiger partial charge on any atom is 0.0931 e. The smallest absolute Gasteiger partial charge is 0.0931 e. The molecule has 16 heavy (non-hydrogen) atoms. The predicted molar refractivity (Wildman–Crippen MR) is 69.2 cm³/mol. The van der Waals surface area contributed by atoms with Gasteiger partial charge in [-0.25, -0.2) is 0 Å². The molecule has 0 saturated carbocycles. The first-order valence-corrected chi connectivity index (χ1v) is 6.83. The molecule has 2 rings (SSSR count). The second-order valence-corrected chi connectivity index (χ2v) is 6.55. The summed E-state index contributed by atoms with van der Waals surface area (Å²) >= 11 is 7.68. The van der Waals surface area contributed by atoms with Crippen LogP contribution in [-0.2, 0) is 10.2 Å². The van der Waals surface area contributed by atoms with E-state index in [4.69, 9.17) is 22.1 Å². The van der Waals surface area contributed by atoms with Crippen LogP contribution in [0.5, 0.6) is 0 Å². The second-order valence-electron chi connectivity index (χ2n) is 4.84. The lowest BCUT2D eigenvalue weighted by Crippen LogP contribution is -2.55. The molecule has 1 fully saturated rings. The number of nitrogens with two attached hydrogens (primary N) is 1. The number of thiophene rings is 1. The molecule has 0 radical (unpaired) electrons. The Morgan fingerprint density at radius 3 is 2.50 bits per heavy atom. The molecule has 0 spiro atoms. The molecule has 1 unspecified atom stereocenters. The molecule has 0 aromatic carbocycles. The standard InChI is InChI=1S/C12H18ClNOS/c1-8(2)9(5-14)12(6-15-7-12)10-3-4-11(13)16-10/h3-4,8-9H,5-7,14H2,1-2H3. The number of halogens is 1. The Morgan fingerprint density at radius 2 is 2.19 bits per heavy atom. The zero-order valence-corrected chi connectivity index (χ0v) is 11.3. The quantitative estimate of drug-likeness (QED) is 0.903. The summed E-state index contributed by atoms with van der Waals surface area (Å²) in [7, 11) is 0. The van der Waals surface area contributed by atoms with Gasteiger partial charge in [-0.05, 0) is 30.5 Å². The molecular weight excluding hydrogens is 242 g/mol.